The SMILES string of the molecule is COc1cccc(CNCCOCC(F)F)c1OC. The van der Waals surface area contributed by atoms with Crippen LogP contribution in [0.5, 0.6) is 11.5 Å². The van der Waals surface area contributed by atoms with Crippen molar-refractivity contribution < 1.29 is 23.0 Å². The van der Waals surface area contributed by atoms with Crippen LogP contribution in [-0.2, 0) is 11.3 Å². The highest BCUT2D eigenvalue weighted by molar-refractivity contribution is 5.46. The Morgan fingerprint density at radius 3 is 2.63 bits per heavy atom. The molecular weight excluding hydrogens is 256 g/mol. The molecule has 0 saturated carbocycles. The Morgan fingerprint density at radius 2 is 2.00 bits per heavy atom. The summed E-state index contributed by atoms with van der Waals surface area (Å²) in [5.74, 6) is 1.33. The van der Waals surface area contributed by atoms with E-state index in [9.17, 15) is 8.78 Å². The fraction of sp³-hybridized carbons (Fsp3) is 0.538. The number of benzene rings is 1. The van der Waals surface area contributed by atoms with E-state index in [-0.39, 0.29) is 6.61 Å². The molecule has 0 heterocycles. The summed E-state index contributed by atoms with van der Waals surface area (Å²) in [6.45, 7) is 0.770. The van der Waals surface area contributed by atoms with Gasteiger partial charge in [-0.2, -0.15) is 0 Å². The third kappa shape index (κ3) is 5.40. The van der Waals surface area contributed by atoms with E-state index in [1.807, 2.05) is 18.2 Å². The molecule has 0 radical (unpaired) electrons. The molecule has 0 atom stereocenters. The Hall–Kier alpha value is -1.40. The van der Waals surface area contributed by atoms with Gasteiger partial charge in [0.2, 0.25) is 0 Å². The molecule has 0 bridgehead atoms. The predicted molar refractivity (Wildman–Crippen MR) is 68.1 cm³/mol. The molecular formula is C13H19F2NO3. The zero-order chi connectivity index (χ0) is 14.1. The molecule has 0 saturated heterocycles. The summed E-state index contributed by atoms with van der Waals surface area (Å²) in [6.07, 6.45) is -2.42. The maximum absolute atomic E-state index is 11.8. The molecule has 0 fully saturated rings. The molecule has 0 aliphatic heterocycles. The van der Waals surface area contributed by atoms with Crippen molar-refractivity contribution in [3.63, 3.8) is 0 Å². The number of rotatable bonds is 9. The number of methoxy groups -OCH3 is 2. The Morgan fingerprint density at radius 1 is 1.21 bits per heavy atom. The Balaban J connectivity index is 2.37. The molecule has 6 heteroatoms. The zero-order valence-electron chi connectivity index (χ0n) is 11.1. The number of nitrogens with one attached hydrogen (secondary N) is 1. The second-order valence-corrected chi connectivity index (χ2v) is 3.80. The highest BCUT2D eigenvalue weighted by Gasteiger charge is 2.08. The van der Waals surface area contributed by atoms with Gasteiger partial charge in [0.05, 0.1) is 20.8 Å². The van der Waals surface area contributed by atoms with Gasteiger partial charge in [0, 0.05) is 18.7 Å². The maximum atomic E-state index is 11.8. The fourth-order valence-corrected chi connectivity index (χ4v) is 1.63. The molecule has 0 aromatic heterocycles. The average molecular weight is 275 g/mol. The van der Waals surface area contributed by atoms with E-state index < -0.39 is 13.0 Å². The van der Waals surface area contributed by atoms with E-state index in [1.165, 1.54) is 0 Å². The van der Waals surface area contributed by atoms with Crippen LogP contribution in [0.4, 0.5) is 8.78 Å². The van der Waals surface area contributed by atoms with Crippen LogP contribution in [-0.4, -0.2) is 40.4 Å². The minimum atomic E-state index is -2.42. The summed E-state index contributed by atoms with van der Waals surface area (Å²) in [7, 11) is 3.15. The number of halogens is 2. The lowest BCUT2D eigenvalue weighted by Crippen LogP contribution is -2.21. The zero-order valence-corrected chi connectivity index (χ0v) is 11.1. The normalized spacial score (nSPS) is 10.8. The van der Waals surface area contributed by atoms with Crippen LogP contribution in [0.2, 0.25) is 0 Å². The van der Waals surface area contributed by atoms with Crippen molar-refractivity contribution in [1.82, 2.24) is 5.32 Å². The van der Waals surface area contributed by atoms with Crippen LogP contribution in [0.25, 0.3) is 0 Å². The monoisotopic (exact) mass is 275 g/mol. The van der Waals surface area contributed by atoms with Gasteiger partial charge in [-0.1, -0.05) is 12.1 Å². The first-order valence-electron chi connectivity index (χ1n) is 5.95. The van der Waals surface area contributed by atoms with Crippen LogP contribution in [0.15, 0.2) is 18.2 Å². The molecule has 108 valence electrons. The van der Waals surface area contributed by atoms with Crippen molar-refractivity contribution >= 4 is 0 Å². The van der Waals surface area contributed by atoms with E-state index in [1.54, 1.807) is 14.2 Å². The van der Waals surface area contributed by atoms with Crippen LogP contribution >= 0.6 is 0 Å². The third-order valence-electron chi connectivity index (χ3n) is 2.47. The van der Waals surface area contributed by atoms with Gasteiger partial charge in [-0.15, -0.1) is 0 Å². The number of ether oxygens (including phenoxy) is 3. The molecule has 1 aromatic rings. The number of para-hydroxylation sites is 1. The first-order chi connectivity index (χ1) is 9.19. The summed E-state index contributed by atoms with van der Waals surface area (Å²) in [5.41, 5.74) is 0.940. The molecule has 0 spiro atoms. The van der Waals surface area contributed by atoms with Gasteiger partial charge < -0.3 is 19.5 Å². The van der Waals surface area contributed by atoms with Gasteiger partial charge >= 0.3 is 0 Å². The molecule has 4 nitrogen and oxygen atoms in total. The summed E-state index contributed by atoms with van der Waals surface area (Å²) < 4.78 is 38.9. The molecule has 0 amide bonds. The molecule has 1 rings (SSSR count). The number of alkyl halides is 2. The minimum Gasteiger partial charge on any atom is -0.493 e. The van der Waals surface area contributed by atoms with Gasteiger partial charge in [-0.3, -0.25) is 0 Å². The Bertz CT molecular complexity index is 375. The quantitative estimate of drug-likeness (QED) is 0.700. The van der Waals surface area contributed by atoms with Crippen molar-refractivity contribution in [2.24, 2.45) is 0 Å². The summed E-state index contributed by atoms with van der Waals surface area (Å²) in [6, 6.07) is 5.59. The van der Waals surface area contributed by atoms with Crippen molar-refractivity contribution in [1.29, 1.82) is 0 Å². The van der Waals surface area contributed by atoms with Gasteiger partial charge in [0.25, 0.3) is 6.43 Å². The van der Waals surface area contributed by atoms with E-state index in [0.717, 1.165) is 5.56 Å². The van der Waals surface area contributed by atoms with E-state index >= 15 is 0 Å². The Labute approximate surface area is 111 Å². The summed E-state index contributed by atoms with van der Waals surface area (Å²) >= 11 is 0. The lowest BCUT2D eigenvalue weighted by Gasteiger charge is -2.13. The molecule has 1 N–H and O–H groups in total. The number of hydrogen-bond donors (Lipinski definition) is 1. The van der Waals surface area contributed by atoms with Crippen molar-refractivity contribution in [2.75, 3.05) is 34.0 Å². The molecule has 1 aromatic carbocycles. The Kier molecular flexibility index (Phi) is 7.14. The fourth-order valence-electron chi connectivity index (χ4n) is 1.63. The second-order valence-electron chi connectivity index (χ2n) is 3.80. The van der Waals surface area contributed by atoms with Gasteiger partial charge in [-0.05, 0) is 6.07 Å². The maximum Gasteiger partial charge on any atom is 0.261 e. The molecule has 0 aliphatic rings. The lowest BCUT2D eigenvalue weighted by molar-refractivity contribution is 0.0187. The largest absolute Gasteiger partial charge is 0.493 e. The smallest absolute Gasteiger partial charge is 0.261 e. The second kappa shape index (κ2) is 8.66. The predicted octanol–water partition coefficient (Wildman–Crippen LogP) is 2.08. The van der Waals surface area contributed by atoms with Crippen molar-refractivity contribution in [2.45, 2.75) is 13.0 Å². The average Bonchev–Trinajstić information content (AvgIpc) is 2.41. The highest BCUT2D eigenvalue weighted by Crippen LogP contribution is 2.30. The van der Waals surface area contributed by atoms with E-state index in [0.29, 0.717) is 24.6 Å². The minimum absolute atomic E-state index is 0.247. The van der Waals surface area contributed by atoms with Gasteiger partial charge in [-0.25, -0.2) is 8.78 Å². The van der Waals surface area contributed by atoms with Gasteiger partial charge in [0.15, 0.2) is 11.5 Å². The van der Waals surface area contributed by atoms with Crippen LogP contribution < -0.4 is 14.8 Å². The molecule has 0 aliphatic carbocycles. The first-order valence-corrected chi connectivity index (χ1v) is 5.95. The topological polar surface area (TPSA) is 39.7 Å². The lowest BCUT2D eigenvalue weighted by atomic mass is 10.2. The van der Waals surface area contributed by atoms with Gasteiger partial charge in [0.1, 0.15) is 6.61 Å². The van der Waals surface area contributed by atoms with Crippen LogP contribution in [0.3, 0.4) is 0 Å². The van der Waals surface area contributed by atoms with Crippen LogP contribution in [0.1, 0.15) is 5.56 Å². The number of hydrogen-bond acceptors (Lipinski definition) is 4. The van der Waals surface area contributed by atoms with Crippen LogP contribution in [0, 0.1) is 0 Å². The third-order valence-corrected chi connectivity index (χ3v) is 2.47. The standard InChI is InChI=1S/C13H19F2NO3/c1-17-11-5-3-4-10(13(11)18-2)8-16-6-7-19-9-12(14)15/h3-5,12,16H,6-9H2,1-2H3. The molecule has 19 heavy (non-hydrogen) atoms. The van der Waals surface area contributed by atoms with Crippen molar-refractivity contribution in [3.8, 4) is 11.5 Å². The first kappa shape index (κ1) is 15.7. The summed E-state index contributed by atoms with van der Waals surface area (Å²) in [4.78, 5) is 0. The van der Waals surface area contributed by atoms with E-state index in [4.69, 9.17) is 14.2 Å². The highest BCUT2D eigenvalue weighted by atomic mass is 19.3. The van der Waals surface area contributed by atoms with Crippen molar-refractivity contribution in [3.05, 3.63) is 23.8 Å². The molecule has 0 unspecified atom stereocenters. The summed E-state index contributed by atoms with van der Waals surface area (Å²) in [5, 5.41) is 3.10. The van der Waals surface area contributed by atoms with E-state index in [2.05, 4.69) is 5.32 Å².